The van der Waals surface area contributed by atoms with Crippen LogP contribution in [0.1, 0.15) is 11.7 Å². The van der Waals surface area contributed by atoms with Crippen LogP contribution in [0.5, 0.6) is 0 Å². The Kier molecular flexibility index (Phi) is 3.39. The van der Waals surface area contributed by atoms with E-state index in [1.165, 1.54) is 5.69 Å². The Bertz CT molecular complexity index is 729. The van der Waals surface area contributed by atoms with E-state index in [4.69, 9.17) is 0 Å². The zero-order valence-corrected chi connectivity index (χ0v) is 13.6. The lowest BCUT2D eigenvalue weighted by Crippen LogP contribution is -2.37. The molecule has 0 saturated carbocycles. The van der Waals surface area contributed by atoms with Crippen molar-refractivity contribution < 1.29 is 5.11 Å². The molecule has 0 bridgehead atoms. The third kappa shape index (κ3) is 2.21. The van der Waals surface area contributed by atoms with Gasteiger partial charge in [-0.25, -0.2) is 0 Å². The van der Waals surface area contributed by atoms with E-state index in [1.54, 1.807) is 0 Å². The Hall–Kier alpha value is -1.85. The summed E-state index contributed by atoms with van der Waals surface area (Å²) in [6.07, 6.45) is -0.551. The van der Waals surface area contributed by atoms with Crippen molar-refractivity contribution in [3.63, 3.8) is 0 Å². The summed E-state index contributed by atoms with van der Waals surface area (Å²) in [6.45, 7) is 2.24. The van der Waals surface area contributed by atoms with Crippen LogP contribution in [0.25, 0.3) is 0 Å². The number of halogens is 1. The maximum absolute atomic E-state index is 10.6. The van der Waals surface area contributed by atoms with E-state index in [2.05, 4.69) is 42.9 Å². The number of aliphatic imine (C=N–C) groups is 1. The van der Waals surface area contributed by atoms with E-state index in [9.17, 15) is 5.11 Å². The lowest BCUT2D eigenvalue weighted by atomic mass is 10.1. The summed E-state index contributed by atoms with van der Waals surface area (Å²) in [5, 5.41) is 10.6. The summed E-state index contributed by atoms with van der Waals surface area (Å²) < 4.78 is 1.02. The molecule has 2 aliphatic heterocycles. The molecule has 1 N–H and O–H groups in total. The van der Waals surface area contributed by atoms with E-state index in [-0.39, 0.29) is 0 Å². The van der Waals surface area contributed by atoms with Crippen molar-refractivity contribution in [2.24, 2.45) is 4.99 Å². The molecule has 0 spiro atoms. The van der Waals surface area contributed by atoms with Crippen molar-refractivity contribution in [2.45, 2.75) is 6.10 Å². The molecule has 2 aromatic carbocycles. The third-order valence-corrected chi connectivity index (χ3v) is 4.66. The average Bonchev–Trinajstić information content (AvgIpc) is 3.11. The van der Waals surface area contributed by atoms with Gasteiger partial charge in [-0.15, -0.1) is 0 Å². The number of guanidine groups is 1. The standard InChI is InChI=1S/C17H16BrN3O/c18-13-7-5-12(6-8-13)16(22)11-21-15-4-2-1-3-14(15)20-10-9-19-17(20)21/h1-8,16,22H,9-11H2/t16-/m0/s1. The minimum absolute atomic E-state index is 0.508. The molecule has 0 radical (unpaired) electrons. The molecule has 22 heavy (non-hydrogen) atoms. The first-order valence-electron chi connectivity index (χ1n) is 7.36. The number of nitrogens with zero attached hydrogens (tertiary/aromatic N) is 3. The molecule has 0 aliphatic carbocycles. The molecular weight excluding hydrogens is 342 g/mol. The van der Waals surface area contributed by atoms with E-state index < -0.39 is 6.10 Å². The molecule has 5 heteroatoms. The monoisotopic (exact) mass is 357 g/mol. The number of β-amino-alcohol motifs (C(OH)–C–C–N with tert-alkyl or cyclic N) is 1. The van der Waals surface area contributed by atoms with Gasteiger partial charge in [0, 0.05) is 11.0 Å². The molecule has 4 rings (SSSR count). The summed E-state index contributed by atoms with van der Waals surface area (Å²) in [6, 6.07) is 16.1. The number of rotatable bonds is 3. The fourth-order valence-electron chi connectivity index (χ4n) is 3.07. The lowest BCUT2D eigenvalue weighted by Gasteiger charge is -2.23. The van der Waals surface area contributed by atoms with Gasteiger partial charge in [-0.1, -0.05) is 40.2 Å². The maximum atomic E-state index is 10.6. The van der Waals surface area contributed by atoms with Crippen LogP contribution >= 0.6 is 15.9 Å². The van der Waals surface area contributed by atoms with Crippen LogP contribution in [0.3, 0.4) is 0 Å². The number of benzene rings is 2. The van der Waals surface area contributed by atoms with E-state index >= 15 is 0 Å². The summed E-state index contributed by atoms with van der Waals surface area (Å²) in [5.74, 6) is 0.956. The Morgan fingerprint density at radius 2 is 1.82 bits per heavy atom. The highest BCUT2D eigenvalue weighted by Crippen LogP contribution is 2.39. The van der Waals surface area contributed by atoms with Crippen molar-refractivity contribution >= 4 is 33.3 Å². The van der Waals surface area contributed by atoms with Gasteiger partial charge in [-0.05, 0) is 29.8 Å². The van der Waals surface area contributed by atoms with E-state index in [0.29, 0.717) is 6.54 Å². The zero-order chi connectivity index (χ0) is 15.1. The minimum atomic E-state index is -0.551. The molecule has 0 unspecified atom stereocenters. The van der Waals surface area contributed by atoms with Crippen molar-refractivity contribution in [2.75, 3.05) is 29.4 Å². The molecule has 0 aromatic heterocycles. The van der Waals surface area contributed by atoms with Crippen molar-refractivity contribution in [3.05, 3.63) is 58.6 Å². The first-order valence-corrected chi connectivity index (χ1v) is 8.15. The van der Waals surface area contributed by atoms with Gasteiger partial charge in [0.15, 0.2) is 0 Å². The smallest absolute Gasteiger partial charge is 0.206 e. The van der Waals surface area contributed by atoms with E-state index in [1.807, 2.05) is 36.4 Å². The molecule has 4 nitrogen and oxygen atoms in total. The fraction of sp³-hybridized carbons (Fsp3) is 0.235. The van der Waals surface area contributed by atoms with Crippen LogP contribution in [0, 0.1) is 0 Å². The van der Waals surface area contributed by atoms with Gasteiger partial charge >= 0.3 is 0 Å². The SMILES string of the molecule is O[C@@H](CN1C2=NCCN2c2ccccc21)c1ccc(Br)cc1. The number of fused-ring (bicyclic) bond motifs is 3. The van der Waals surface area contributed by atoms with Crippen LogP contribution in [-0.2, 0) is 0 Å². The number of hydrogen-bond donors (Lipinski definition) is 1. The van der Waals surface area contributed by atoms with Gasteiger partial charge in [0.2, 0.25) is 5.96 Å². The van der Waals surface area contributed by atoms with Crippen molar-refractivity contribution in [1.82, 2.24) is 0 Å². The number of aliphatic hydroxyl groups is 1. The highest BCUT2D eigenvalue weighted by atomic mass is 79.9. The molecule has 1 atom stereocenters. The fourth-order valence-corrected chi connectivity index (χ4v) is 3.33. The third-order valence-electron chi connectivity index (χ3n) is 4.13. The van der Waals surface area contributed by atoms with Gasteiger partial charge in [0.05, 0.1) is 30.6 Å². The summed E-state index contributed by atoms with van der Waals surface area (Å²) in [4.78, 5) is 8.95. The second kappa shape index (κ2) is 5.41. The lowest BCUT2D eigenvalue weighted by molar-refractivity contribution is 0.187. The number of anilines is 2. The van der Waals surface area contributed by atoms with Crippen LogP contribution in [0.15, 0.2) is 58.0 Å². The quantitative estimate of drug-likeness (QED) is 0.916. The summed E-state index contributed by atoms with van der Waals surface area (Å²) in [7, 11) is 0. The Labute approximate surface area is 137 Å². The number of aliphatic hydroxyl groups excluding tert-OH is 1. The number of hydrogen-bond acceptors (Lipinski definition) is 4. The van der Waals surface area contributed by atoms with Gasteiger partial charge < -0.3 is 14.9 Å². The van der Waals surface area contributed by atoms with Crippen molar-refractivity contribution in [1.29, 1.82) is 0 Å². The van der Waals surface area contributed by atoms with Gasteiger partial charge in [0.1, 0.15) is 0 Å². The topological polar surface area (TPSA) is 39.1 Å². The second-order valence-electron chi connectivity index (χ2n) is 5.50. The summed E-state index contributed by atoms with van der Waals surface area (Å²) >= 11 is 3.42. The highest BCUT2D eigenvalue weighted by molar-refractivity contribution is 9.10. The zero-order valence-electron chi connectivity index (χ0n) is 12.0. The van der Waals surface area contributed by atoms with Gasteiger partial charge in [-0.2, -0.15) is 0 Å². The Morgan fingerprint density at radius 3 is 2.59 bits per heavy atom. The average molecular weight is 358 g/mol. The predicted molar refractivity (Wildman–Crippen MR) is 92.5 cm³/mol. The van der Waals surface area contributed by atoms with Crippen LogP contribution in [-0.4, -0.2) is 30.7 Å². The molecule has 2 aliphatic rings. The highest BCUT2D eigenvalue weighted by Gasteiger charge is 2.35. The minimum Gasteiger partial charge on any atom is -0.387 e. The summed E-state index contributed by atoms with van der Waals surface area (Å²) in [5.41, 5.74) is 3.22. The first kappa shape index (κ1) is 13.8. The number of para-hydroxylation sites is 2. The Morgan fingerprint density at radius 1 is 1.09 bits per heavy atom. The van der Waals surface area contributed by atoms with E-state index in [0.717, 1.165) is 34.8 Å². The van der Waals surface area contributed by atoms with Gasteiger partial charge in [-0.3, -0.25) is 4.99 Å². The Balaban J connectivity index is 1.63. The van der Waals surface area contributed by atoms with Crippen molar-refractivity contribution in [3.8, 4) is 0 Å². The molecule has 112 valence electrons. The largest absolute Gasteiger partial charge is 0.387 e. The second-order valence-corrected chi connectivity index (χ2v) is 6.42. The molecule has 0 fully saturated rings. The van der Waals surface area contributed by atoms with Crippen LogP contribution < -0.4 is 9.80 Å². The molecule has 0 amide bonds. The normalized spacial score (nSPS) is 17.3. The molecule has 2 heterocycles. The maximum Gasteiger partial charge on any atom is 0.206 e. The predicted octanol–water partition coefficient (Wildman–Crippen LogP) is 3.18. The molecule has 0 saturated heterocycles. The first-order chi connectivity index (χ1) is 10.7. The van der Waals surface area contributed by atoms with Gasteiger partial charge in [0.25, 0.3) is 0 Å². The van der Waals surface area contributed by atoms with Crippen LogP contribution in [0.4, 0.5) is 11.4 Å². The molecular formula is C17H16BrN3O. The van der Waals surface area contributed by atoms with Crippen LogP contribution in [0.2, 0.25) is 0 Å². The molecule has 2 aromatic rings.